The number of nitrogens with zero attached hydrogens (tertiary/aromatic N) is 1. The smallest absolute Gasteiger partial charge is 0.136 e. The summed E-state index contributed by atoms with van der Waals surface area (Å²) in [5, 5.41) is 3.27. The molecule has 0 aliphatic rings. The third kappa shape index (κ3) is 5.98. The van der Waals surface area contributed by atoms with Crippen LogP contribution in [0.25, 0.3) is 0 Å². The van der Waals surface area contributed by atoms with Crippen LogP contribution in [0.15, 0.2) is 12.1 Å². The first kappa shape index (κ1) is 15.9. The normalized spacial score (nSPS) is 10.4. The fourth-order valence-electron chi connectivity index (χ4n) is 1.62. The molecule has 0 aliphatic heterocycles. The van der Waals surface area contributed by atoms with Crippen molar-refractivity contribution >= 4 is 23.0 Å². The van der Waals surface area contributed by atoms with E-state index in [4.69, 9.17) is 22.7 Å². The fraction of sp³-hybridized carbons (Fsp3) is 0.571. The lowest BCUT2D eigenvalue weighted by Gasteiger charge is -2.11. The first-order chi connectivity index (χ1) is 9.15. The van der Waals surface area contributed by atoms with Gasteiger partial charge in [-0.25, -0.2) is 4.98 Å². The van der Waals surface area contributed by atoms with Gasteiger partial charge in [-0.15, -0.1) is 0 Å². The molecule has 0 fully saturated rings. The zero-order chi connectivity index (χ0) is 14.1. The molecule has 0 unspecified atom stereocenters. The van der Waals surface area contributed by atoms with Gasteiger partial charge >= 0.3 is 0 Å². The van der Waals surface area contributed by atoms with E-state index in [1.54, 1.807) is 0 Å². The SMILES string of the molecule is CCCCOCCCNc1nc(C)ccc1C(N)=S. The van der Waals surface area contributed by atoms with E-state index in [9.17, 15) is 0 Å². The highest BCUT2D eigenvalue weighted by atomic mass is 32.1. The lowest BCUT2D eigenvalue weighted by Crippen LogP contribution is -2.16. The quantitative estimate of drug-likeness (QED) is 0.538. The first-order valence-electron chi connectivity index (χ1n) is 6.74. The topological polar surface area (TPSA) is 60.2 Å². The van der Waals surface area contributed by atoms with E-state index >= 15 is 0 Å². The second kappa shape index (κ2) is 8.82. The van der Waals surface area contributed by atoms with Gasteiger partial charge < -0.3 is 15.8 Å². The van der Waals surface area contributed by atoms with Gasteiger partial charge in [-0.05, 0) is 31.9 Å². The van der Waals surface area contributed by atoms with Gasteiger partial charge in [0.25, 0.3) is 0 Å². The number of rotatable bonds is 9. The average Bonchev–Trinajstić information content (AvgIpc) is 2.37. The van der Waals surface area contributed by atoms with Gasteiger partial charge in [0.05, 0.1) is 5.56 Å². The molecule has 0 saturated carbocycles. The summed E-state index contributed by atoms with van der Waals surface area (Å²) in [7, 11) is 0. The molecule has 0 bridgehead atoms. The number of hydrogen-bond donors (Lipinski definition) is 2. The van der Waals surface area contributed by atoms with Gasteiger partial charge in [0.1, 0.15) is 10.8 Å². The Bertz CT molecular complexity index is 410. The van der Waals surface area contributed by atoms with E-state index in [1.807, 2.05) is 19.1 Å². The Hall–Kier alpha value is -1.20. The molecule has 0 aromatic carbocycles. The molecule has 0 radical (unpaired) electrons. The Balaban J connectivity index is 2.36. The summed E-state index contributed by atoms with van der Waals surface area (Å²) in [5.74, 6) is 0.765. The lowest BCUT2D eigenvalue weighted by atomic mass is 10.2. The van der Waals surface area contributed by atoms with Crippen LogP contribution in [-0.4, -0.2) is 29.7 Å². The van der Waals surface area contributed by atoms with Crippen molar-refractivity contribution in [2.45, 2.75) is 33.1 Å². The molecular formula is C14H23N3OS. The van der Waals surface area contributed by atoms with Crippen molar-refractivity contribution in [3.8, 4) is 0 Å². The monoisotopic (exact) mass is 281 g/mol. The minimum atomic E-state index is 0.370. The summed E-state index contributed by atoms with van der Waals surface area (Å²) >= 11 is 5.02. The minimum Gasteiger partial charge on any atom is -0.389 e. The summed E-state index contributed by atoms with van der Waals surface area (Å²) in [6.45, 7) is 6.52. The number of aromatic nitrogens is 1. The molecule has 0 spiro atoms. The van der Waals surface area contributed by atoms with Gasteiger partial charge in [0, 0.05) is 25.5 Å². The first-order valence-corrected chi connectivity index (χ1v) is 7.15. The standard InChI is InChI=1S/C14H23N3OS/c1-3-4-9-18-10-5-8-16-14-12(13(15)19)7-6-11(2)17-14/h6-7H,3-5,8-10H2,1-2H3,(H2,15,19)(H,16,17). The van der Waals surface area contributed by atoms with Crippen LogP contribution in [0.4, 0.5) is 5.82 Å². The highest BCUT2D eigenvalue weighted by Gasteiger charge is 2.06. The van der Waals surface area contributed by atoms with Crippen molar-refractivity contribution in [3.63, 3.8) is 0 Å². The maximum Gasteiger partial charge on any atom is 0.136 e. The molecule has 19 heavy (non-hydrogen) atoms. The Morgan fingerprint density at radius 1 is 1.37 bits per heavy atom. The third-order valence-corrected chi connectivity index (χ3v) is 2.92. The van der Waals surface area contributed by atoms with Crippen LogP contribution < -0.4 is 11.1 Å². The number of aryl methyl sites for hydroxylation is 1. The van der Waals surface area contributed by atoms with Crippen molar-refractivity contribution < 1.29 is 4.74 Å². The number of anilines is 1. The molecule has 1 aromatic heterocycles. The van der Waals surface area contributed by atoms with Crippen molar-refractivity contribution in [1.82, 2.24) is 4.98 Å². The highest BCUT2D eigenvalue weighted by Crippen LogP contribution is 2.13. The number of nitrogens with one attached hydrogen (secondary N) is 1. The van der Waals surface area contributed by atoms with Crippen molar-refractivity contribution in [2.24, 2.45) is 5.73 Å². The second-order valence-electron chi connectivity index (χ2n) is 4.46. The fourth-order valence-corrected chi connectivity index (χ4v) is 1.78. The van der Waals surface area contributed by atoms with E-state index in [1.165, 1.54) is 6.42 Å². The molecule has 106 valence electrons. The largest absolute Gasteiger partial charge is 0.389 e. The summed E-state index contributed by atoms with van der Waals surface area (Å²) in [6, 6.07) is 3.82. The predicted octanol–water partition coefficient (Wildman–Crippen LogP) is 2.64. The van der Waals surface area contributed by atoms with Crippen LogP contribution in [0, 0.1) is 6.92 Å². The number of nitrogens with two attached hydrogens (primary N) is 1. The number of ether oxygens (including phenoxy) is 1. The van der Waals surface area contributed by atoms with Crippen molar-refractivity contribution in [1.29, 1.82) is 0 Å². The lowest BCUT2D eigenvalue weighted by molar-refractivity contribution is 0.131. The van der Waals surface area contributed by atoms with Crippen molar-refractivity contribution in [2.75, 3.05) is 25.1 Å². The Morgan fingerprint density at radius 3 is 2.79 bits per heavy atom. The maximum absolute atomic E-state index is 5.68. The Kier molecular flexibility index (Phi) is 7.36. The van der Waals surface area contributed by atoms with Gasteiger partial charge in [0.2, 0.25) is 0 Å². The predicted molar refractivity (Wildman–Crippen MR) is 83.7 cm³/mol. The van der Waals surface area contributed by atoms with E-state index in [-0.39, 0.29) is 0 Å². The maximum atomic E-state index is 5.68. The Labute approximate surface area is 120 Å². The zero-order valence-electron chi connectivity index (χ0n) is 11.7. The molecule has 3 N–H and O–H groups in total. The van der Waals surface area contributed by atoms with Crippen LogP contribution in [0.3, 0.4) is 0 Å². The molecule has 0 amide bonds. The van der Waals surface area contributed by atoms with Crippen LogP contribution >= 0.6 is 12.2 Å². The summed E-state index contributed by atoms with van der Waals surface area (Å²) in [6.07, 6.45) is 3.23. The van der Waals surface area contributed by atoms with Gasteiger partial charge in [0.15, 0.2) is 0 Å². The van der Waals surface area contributed by atoms with Gasteiger partial charge in [-0.3, -0.25) is 0 Å². The molecule has 4 nitrogen and oxygen atoms in total. The van der Waals surface area contributed by atoms with E-state index in [0.717, 1.165) is 49.7 Å². The number of unbranched alkanes of at least 4 members (excludes halogenated alkanes) is 1. The van der Waals surface area contributed by atoms with Gasteiger partial charge in [-0.2, -0.15) is 0 Å². The minimum absolute atomic E-state index is 0.370. The number of thiocarbonyl (C=S) groups is 1. The van der Waals surface area contributed by atoms with E-state index in [0.29, 0.717) is 4.99 Å². The molecule has 1 rings (SSSR count). The van der Waals surface area contributed by atoms with Crippen LogP contribution in [-0.2, 0) is 4.74 Å². The molecule has 0 aliphatic carbocycles. The van der Waals surface area contributed by atoms with Crippen LogP contribution in [0.1, 0.15) is 37.4 Å². The summed E-state index contributed by atoms with van der Waals surface area (Å²) in [4.78, 5) is 4.79. The zero-order valence-corrected chi connectivity index (χ0v) is 12.6. The summed E-state index contributed by atoms with van der Waals surface area (Å²) < 4.78 is 5.50. The molecule has 1 heterocycles. The average molecular weight is 281 g/mol. The number of hydrogen-bond acceptors (Lipinski definition) is 4. The molecule has 5 heteroatoms. The Morgan fingerprint density at radius 2 is 2.11 bits per heavy atom. The van der Waals surface area contributed by atoms with Crippen LogP contribution in [0.2, 0.25) is 0 Å². The van der Waals surface area contributed by atoms with Crippen LogP contribution in [0.5, 0.6) is 0 Å². The van der Waals surface area contributed by atoms with E-state index < -0.39 is 0 Å². The van der Waals surface area contributed by atoms with Gasteiger partial charge in [-0.1, -0.05) is 25.6 Å². The second-order valence-corrected chi connectivity index (χ2v) is 4.90. The molecule has 0 atom stereocenters. The number of pyridine rings is 1. The third-order valence-electron chi connectivity index (χ3n) is 2.70. The van der Waals surface area contributed by atoms with E-state index in [2.05, 4.69) is 17.2 Å². The molecular weight excluding hydrogens is 258 g/mol. The van der Waals surface area contributed by atoms with Crippen molar-refractivity contribution in [3.05, 3.63) is 23.4 Å². The highest BCUT2D eigenvalue weighted by molar-refractivity contribution is 7.80. The molecule has 1 aromatic rings. The molecule has 0 saturated heterocycles. The summed E-state index contributed by atoms with van der Waals surface area (Å²) in [5.41, 5.74) is 7.42.